The minimum Gasteiger partial charge on any atom is -0.399 e. The van der Waals surface area contributed by atoms with Gasteiger partial charge in [-0.2, -0.15) is 5.10 Å². The Bertz CT molecular complexity index is 827. The van der Waals surface area contributed by atoms with Crippen molar-refractivity contribution < 1.29 is 13.6 Å². The van der Waals surface area contributed by atoms with Crippen LogP contribution in [0.3, 0.4) is 0 Å². The normalized spacial score (nSPS) is 11.9. The Hall–Kier alpha value is -2.76. The van der Waals surface area contributed by atoms with Gasteiger partial charge in [-0.1, -0.05) is 11.2 Å². The van der Waals surface area contributed by atoms with Crippen LogP contribution in [0.5, 0.6) is 0 Å². The van der Waals surface area contributed by atoms with E-state index in [-0.39, 0.29) is 11.3 Å². The van der Waals surface area contributed by atoms with Gasteiger partial charge in [0.15, 0.2) is 0 Å². The summed E-state index contributed by atoms with van der Waals surface area (Å²) in [5, 5.41) is 11.5. The van der Waals surface area contributed by atoms with E-state index in [0.717, 1.165) is 17.0 Å². The van der Waals surface area contributed by atoms with Crippen molar-refractivity contribution in [3.63, 3.8) is 0 Å². The maximum atomic E-state index is 14.0. The number of fused-ring (bicyclic) bond motifs is 1. The highest BCUT2D eigenvalue weighted by Crippen LogP contribution is 2.19. The fraction of sp³-hybridized carbons (Fsp3) is 0.0667. The molecule has 1 heterocycles. The molecule has 0 unspecified atom stereocenters. The minimum atomic E-state index is -0.696. The molecular weight excluding hydrogens is 276 g/mol. The Morgan fingerprint density at radius 3 is 2.81 bits per heavy atom. The molecule has 4 nitrogen and oxygen atoms in total. The van der Waals surface area contributed by atoms with Gasteiger partial charge in [-0.25, -0.2) is 8.78 Å². The molecule has 0 saturated heterocycles. The Kier molecular flexibility index (Phi) is 3.35. The van der Waals surface area contributed by atoms with Crippen molar-refractivity contribution in [1.82, 2.24) is 10.2 Å². The highest BCUT2D eigenvalue weighted by molar-refractivity contribution is 6.14. The van der Waals surface area contributed by atoms with Gasteiger partial charge in [0.2, 0.25) is 0 Å². The first-order chi connectivity index (χ1) is 10.2. The van der Waals surface area contributed by atoms with Gasteiger partial charge in [-0.05, 0) is 24.3 Å². The monoisotopic (exact) mass is 287 g/mol. The van der Waals surface area contributed by atoms with Gasteiger partial charge >= 0.3 is 0 Å². The average molecular weight is 287 g/mol. The standard InChI is InChI=1S/C15H11F2N3O/c1-21-20-15(12-4-3-11(16)7-13(12)17)9-2-5-14-10(6-9)8-18-19-14/h2-8H,1H3,(H,18,19)/b20-15+. The molecule has 3 aromatic rings. The zero-order valence-corrected chi connectivity index (χ0v) is 11.1. The molecule has 1 aromatic heterocycles. The molecule has 2 aromatic carbocycles. The summed E-state index contributed by atoms with van der Waals surface area (Å²) in [5.74, 6) is -1.34. The summed E-state index contributed by atoms with van der Waals surface area (Å²) in [6, 6.07) is 8.71. The van der Waals surface area contributed by atoms with Crippen molar-refractivity contribution in [1.29, 1.82) is 0 Å². The van der Waals surface area contributed by atoms with Crippen molar-refractivity contribution in [2.45, 2.75) is 0 Å². The van der Waals surface area contributed by atoms with E-state index >= 15 is 0 Å². The van der Waals surface area contributed by atoms with Crippen LogP contribution in [0.4, 0.5) is 8.78 Å². The molecule has 0 saturated carbocycles. The highest BCUT2D eigenvalue weighted by atomic mass is 19.1. The van der Waals surface area contributed by atoms with Crippen molar-refractivity contribution in [3.8, 4) is 0 Å². The summed E-state index contributed by atoms with van der Waals surface area (Å²) in [4.78, 5) is 4.80. The smallest absolute Gasteiger partial charge is 0.135 e. The largest absolute Gasteiger partial charge is 0.399 e. The van der Waals surface area contributed by atoms with Crippen molar-refractivity contribution in [2.24, 2.45) is 5.16 Å². The van der Waals surface area contributed by atoms with Crippen LogP contribution in [0.2, 0.25) is 0 Å². The van der Waals surface area contributed by atoms with E-state index in [4.69, 9.17) is 4.84 Å². The van der Waals surface area contributed by atoms with Crippen LogP contribution < -0.4 is 0 Å². The molecular formula is C15H11F2N3O. The van der Waals surface area contributed by atoms with Gasteiger partial charge < -0.3 is 4.84 Å². The van der Waals surface area contributed by atoms with Crippen LogP contribution in [0.25, 0.3) is 10.9 Å². The lowest BCUT2D eigenvalue weighted by molar-refractivity contribution is 0.214. The van der Waals surface area contributed by atoms with Crippen LogP contribution in [0, 0.1) is 11.6 Å². The number of nitrogens with zero attached hydrogens (tertiary/aromatic N) is 2. The SMILES string of the molecule is CO/N=C(\c1ccc2[nH]ncc2c1)c1ccc(F)cc1F. The number of hydrogen-bond acceptors (Lipinski definition) is 3. The van der Waals surface area contributed by atoms with E-state index in [1.165, 1.54) is 19.2 Å². The summed E-state index contributed by atoms with van der Waals surface area (Å²) in [5.41, 5.74) is 1.96. The third-order valence-corrected chi connectivity index (χ3v) is 3.08. The molecule has 0 amide bonds. The summed E-state index contributed by atoms with van der Waals surface area (Å²) in [6.45, 7) is 0. The Morgan fingerprint density at radius 1 is 1.19 bits per heavy atom. The predicted molar refractivity (Wildman–Crippen MR) is 75.1 cm³/mol. The van der Waals surface area contributed by atoms with Gasteiger partial charge in [0.1, 0.15) is 24.5 Å². The molecule has 0 atom stereocenters. The second kappa shape index (κ2) is 5.32. The summed E-state index contributed by atoms with van der Waals surface area (Å²) < 4.78 is 27.0. The number of H-pyrrole nitrogens is 1. The molecule has 0 bridgehead atoms. The number of halogens is 2. The van der Waals surface area contributed by atoms with E-state index in [0.29, 0.717) is 5.56 Å². The third kappa shape index (κ3) is 2.47. The highest BCUT2D eigenvalue weighted by Gasteiger charge is 2.14. The second-order valence-corrected chi connectivity index (χ2v) is 4.42. The molecule has 106 valence electrons. The van der Waals surface area contributed by atoms with E-state index in [2.05, 4.69) is 15.4 Å². The topological polar surface area (TPSA) is 50.3 Å². The molecule has 1 N–H and O–H groups in total. The maximum absolute atomic E-state index is 14.0. The molecule has 21 heavy (non-hydrogen) atoms. The van der Waals surface area contributed by atoms with Crippen molar-refractivity contribution in [3.05, 3.63) is 65.4 Å². The summed E-state index contributed by atoms with van der Waals surface area (Å²) in [6.07, 6.45) is 1.66. The number of benzene rings is 2. The lowest BCUT2D eigenvalue weighted by atomic mass is 10.0. The minimum absolute atomic E-state index is 0.168. The number of aromatic amines is 1. The van der Waals surface area contributed by atoms with Crippen LogP contribution >= 0.6 is 0 Å². The first-order valence-electron chi connectivity index (χ1n) is 6.19. The zero-order valence-electron chi connectivity index (χ0n) is 11.1. The number of aromatic nitrogens is 2. The summed E-state index contributed by atoms with van der Waals surface area (Å²) in [7, 11) is 1.37. The number of rotatable bonds is 3. The molecule has 3 rings (SSSR count). The molecule has 0 aliphatic carbocycles. The Labute approximate surface area is 119 Å². The van der Waals surface area contributed by atoms with Gasteiger partial charge in [0.25, 0.3) is 0 Å². The van der Waals surface area contributed by atoms with Gasteiger partial charge in [-0.3, -0.25) is 5.10 Å². The van der Waals surface area contributed by atoms with Gasteiger partial charge in [-0.15, -0.1) is 0 Å². The number of nitrogens with one attached hydrogen (secondary N) is 1. The van der Waals surface area contributed by atoms with Gasteiger partial charge in [0.05, 0.1) is 11.7 Å². The van der Waals surface area contributed by atoms with Crippen molar-refractivity contribution >= 4 is 16.6 Å². The average Bonchev–Trinajstić information content (AvgIpc) is 2.93. The first kappa shape index (κ1) is 13.2. The molecule has 0 spiro atoms. The van der Waals surface area contributed by atoms with Crippen LogP contribution in [-0.4, -0.2) is 23.0 Å². The van der Waals surface area contributed by atoms with E-state index < -0.39 is 11.6 Å². The molecule has 6 heteroatoms. The number of hydrogen-bond donors (Lipinski definition) is 1. The second-order valence-electron chi connectivity index (χ2n) is 4.42. The first-order valence-corrected chi connectivity index (χ1v) is 6.19. The predicted octanol–water partition coefficient (Wildman–Crippen LogP) is 3.24. The van der Waals surface area contributed by atoms with E-state index in [1.54, 1.807) is 18.3 Å². The molecule has 0 aliphatic rings. The molecule has 0 fully saturated rings. The number of oxime groups is 1. The molecule has 0 radical (unpaired) electrons. The van der Waals surface area contributed by atoms with Gasteiger partial charge in [0, 0.05) is 22.6 Å². The fourth-order valence-electron chi connectivity index (χ4n) is 2.12. The maximum Gasteiger partial charge on any atom is 0.135 e. The van der Waals surface area contributed by atoms with Crippen LogP contribution in [-0.2, 0) is 4.84 Å². The Balaban J connectivity index is 2.15. The molecule has 0 aliphatic heterocycles. The van der Waals surface area contributed by atoms with E-state index in [9.17, 15) is 8.78 Å². The lowest BCUT2D eigenvalue weighted by Crippen LogP contribution is -2.07. The Morgan fingerprint density at radius 2 is 2.05 bits per heavy atom. The van der Waals surface area contributed by atoms with Crippen LogP contribution in [0.1, 0.15) is 11.1 Å². The zero-order chi connectivity index (χ0) is 14.8. The van der Waals surface area contributed by atoms with Crippen LogP contribution in [0.15, 0.2) is 47.8 Å². The lowest BCUT2D eigenvalue weighted by Gasteiger charge is -2.08. The van der Waals surface area contributed by atoms with E-state index in [1.807, 2.05) is 6.07 Å². The fourth-order valence-corrected chi connectivity index (χ4v) is 2.12. The quantitative estimate of drug-likeness (QED) is 0.594. The summed E-state index contributed by atoms with van der Waals surface area (Å²) >= 11 is 0. The van der Waals surface area contributed by atoms with Crippen molar-refractivity contribution in [2.75, 3.05) is 7.11 Å². The third-order valence-electron chi connectivity index (χ3n) is 3.08.